The van der Waals surface area contributed by atoms with E-state index in [1.54, 1.807) is 7.11 Å². The molecule has 1 aliphatic rings. The molecule has 110 valence electrons. The van der Waals surface area contributed by atoms with Gasteiger partial charge in [-0.1, -0.05) is 42.8 Å². The first-order valence-corrected chi connectivity index (χ1v) is 7.73. The number of ether oxygens (including phenoxy) is 1. The van der Waals surface area contributed by atoms with E-state index in [1.165, 1.54) is 36.0 Å². The molecule has 0 aliphatic heterocycles. The Hall–Kier alpha value is -1.80. The molecule has 21 heavy (non-hydrogen) atoms. The molecule has 0 aromatic heterocycles. The highest BCUT2D eigenvalue weighted by Gasteiger charge is 2.20. The van der Waals surface area contributed by atoms with Crippen molar-refractivity contribution in [3.8, 4) is 5.75 Å². The number of hydrogen-bond acceptors (Lipinski definition) is 2. The third-order valence-electron chi connectivity index (χ3n) is 4.56. The predicted octanol–water partition coefficient (Wildman–Crippen LogP) is 4.27. The summed E-state index contributed by atoms with van der Waals surface area (Å²) in [7, 11) is 3.71. The average molecular weight is 281 g/mol. The van der Waals surface area contributed by atoms with Crippen molar-refractivity contribution < 1.29 is 4.74 Å². The van der Waals surface area contributed by atoms with E-state index < -0.39 is 0 Å². The van der Waals surface area contributed by atoms with Gasteiger partial charge in [0.25, 0.3) is 0 Å². The smallest absolute Gasteiger partial charge is 0.119 e. The zero-order chi connectivity index (χ0) is 14.7. The van der Waals surface area contributed by atoms with Crippen LogP contribution in [0.5, 0.6) is 5.75 Å². The van der Waals surface area contributed by atoms with Gasteiger partial charge in [0, 0.05) is 0 Å². The van der Waals surface area contributed by atoms with E-state index in [9.17, 15) is 0 Å². The molecule has 1 fully saturated rings. The highest BCUT2D eigenvalue weighted by Crippen LogP contribution is 2.36. The molecule has 0 saturated heterocycles. The third kappa shape index (κ3) is 2.96. The molecule has 1 unspecified atom stereocenters. The molecule has 3 rings (SSSR count). The summed E-state index contributed by atoms with van der Waals surface area (Å²) in [6.45, 7) is 0. The van der Waals surface area contributed by atoms with Crippen LogP contribution >= 0.6 is 0 Å². The molecule has 1 saturated carbocycles. The van der Waals surface area contributed by atoms with Gasteiger partial charge in [-0.2, -0.15) is 0 Å². The zero-order valence-electron chi connectivity index (χ0n) is 12.8. The van der Waals surface area contributed by atoms with Crippen LogP contribution in [-0.4, -0.2) is 14.2 Å². The Balaban J connectivity index is 1.84. The summed E-state index contributed by atoms with van der Waals surface area (Å²) in [4.78, 5) is 0. The second-order valence-electron chi connectivity index (χ2n) is 5.79. The average Bonchev–Trinajstić information content (AvgIpc) is 2.48. The number of methoxy groups -OCH3 is 1. The van der Waals surface area contributed by atoms with Crippen LogP contribution in [0.3, 0.4) is 0 Å². The van der Waals surface area contributed by atoms with Crippen molar-refractivity contribution in [2.75, 3.05) is 14.2 Å². The maximum Gasteiger partial charge on any atom is 0.119 e. The van der Waals surface area contributed by atoms with Gasteiger partial charge in [-0.05, 0) is 54.6 Å². The normalized spacial score (nSPS) is 16.3. The van der Waals surface area contributed by atoms with Gasteiger partial charge < -0.3 is 10.1 Å². The molecule has 2 heteroatoms. The highest BCUT2D eigenvalue weighted by atomic mass is 16.5. The fraction of sp³-hybridized carbons (Fsp3) is 0.368. The predicted molar refractivity (Wildman–Crippen MR) is 86.9 cm³/mol. The molecule has 2 aromatic carbocycles. The van der Waals surface area contributed by atoms with Crippen LogP contribution in [0.2, 0.25) is 0 Å². The summed E-state index contributed by atoms with van der Waals surface area (Å²) in [5, 5.41) is 3.41. The largest absolute Gasteiger partial charge is 0.497 e. The van der Waals surface area contributed by atoms with E-state index >= 15 is 0 Å². The zero-order valence-corrected chi connectivity index (χ0v) is 12.8. The van der Waals surface area contributed by atoms with E-state index in [0.29, 0.717) is 0 Å². The molecule has 2 nitrogen and oxygen atoms in total. The second-order valence-corrected chi connectivity index (χ2v) is 5.79. The van der Waals surface area contributed by atoms with Crippen LogP contribution in [0.1, 0.15) is 47.9 Å². The molecule has 0 spiro atoms. The lowest BCUT2D eigenvalue weighted by molar-refractivity contribution is 0.413. The van der Waals surface area contributed by atoms with Gasteiger partial charge in [0.1, 0.15) is 5.75 Å². The van der Waals surface area contributed by atoms with E-state index in [0.717, 1.165) is 11.7 Å². The fourth-order valence-electron chi connectivity index (χ4n) is 3.05. The van der Waals surface area contributed by atoms with Crippen molar-refractivity contribution in [3.05, 3.63) is 65.2 Å². The maximum absolute atomic E-state index is 5.33. The van der Waals surface area contributed by atoms with Gasteiger partial charge >= 0.3 is 0 Å². The monoisotopic (exact) mass is 281 g/mol. The summed E-state index contributed by atoms with van der Waals surface area (Å²) in [6.07, 6.45) is 4.09. The van der Waals surface area contributed by atoms with Gasteiger partial charge in [-0.3, -0.25) is 0 Å². The Morgan fingerprint density at radius 3 is 2.38 bits per heavy atom. The van der Waals surface area contributed by atoms with Gasteiger partial charge in [-0.15, -0.1) is 0 Å². The summed E-state index contributed by atoms with van der Waals surface area (Å²) in [5.74, 6) is 1.70. The van der Waals surface area contributed by atoms with Crippen LogP contribution in [0.15, 0.2) is 48.5 Å². The molecule has 1 N–H and O–H groups in total. The fourth-order valence-corrected chi connectivity index (χ4v) is 3.05. The van der Waals surface area contributed by atoms with Crippen molar-refractivity contribution in [1.82, 2.24) is 5.32 Å². The first kappa shape index (κ1) is 14.2. The Labute approximate surface area is 127 Å². The minimum atomic E-state index is 0.204. The molecule has 2 aromatic rings. The van der Waals surface area contributed by atoms with Crippen molar-refractivity contribution in [2.45, 2.75) is 31.2 Å². The molecule has 1 atom stereocenters. The summed E-state index contributed by atoms with van der Waals surface area (Å²) in [6, 6.07) is 17.6. The summed E-state index contributed by atoms with van der Waals surface area (Å²) < 4.78 is 5.33. The number of rotatable bonds is 5. The first-order valence-electron chi connectivity index (χ1n) is 7.73. The van der Waals surface area contributed by atoms with Gasteiger partial charge in [0.15, 0.2) is 0 Å². The maximum atomic E-state index is 5.33. The Morgan fingerprint density at radius 1 is 1.05 bits per heavy atom. The summed E-state index contributed by atoms with van der Waals surface area (Å²) >= 11 is 0. The summed E-state index contributed by atoms with van der Waals surface area (Å²) in [5.41, 5.74) is 4.02. The first-order chi connectivity index (χ1) is 10.3. The van der Waals surface area contributed by atoms with Crippen molar-refractivity contribution in [1.29, 1.82) is 0 Å². The van der Waals surface area contributed by atoms with Crippen LogP contribution in [0, 0.1) is 0 Å². The lowest BCUT2D eigenvalue weighted by Gasteiger charge is -2.26. The van der Waals surface area contributed by atoms with Gasteiger partial charge in [-0.25, -0.2) is 0 Å². The lowest BCUT2D eigenvalue weighted by Crippen LogP contribution is -2.18. The van der Waals surface area contributed by atoms with E-state index in [2.05, 4.69) is 41.7 Å². The van der Waals surface area contributed by atoms with Crippen LogP contribution in [-0.2, 0) is 0 Å². The van der Waals surface area contributed by atoms with E-state index in [4.69, 9.17) is 4.74 Å². The molecule has 0 heterocycles. The van der Waals surface area contributed by atoms with Crippen molar-refractivity contribution >= 4 is 0 Å². The highest BCUT2D eigenvalue weighted by molar-refractivity contribution is 5.38. The van der Waals surface area contributed by atoms with E-state index in [-0.39, 0.29) is 6.04 Å². The minimum Gasteiger partial charge on any atom is -0.497 e. The second kappa shape index (κ2) is 6.31. The molecule has 1 aliphatic carbocycles. The molecule has 0 radical (unpaired) electrons. The molecule has 0 amide bonds. The van der Waals surface area contributed by atoms with Crippen LogP contribution in [0.25, 0.3) is 0 Å². The number of nitrogens with one attached hydrogen (secondary N) is 1. The van der Waals surface area contributed by atoms with Crippen LogP contribution < -0.4 is 10.1 Å². The van der Waals surface area contributed by atoms with Crippen molar-refractivity contribution in [2.24, 2.45) is 0 Å². The van der Waals surface area contributed by atoms with Gasteiger partial charge in [0.2, 0.25) is 0 Å². The quantitative estimate of drug-likeness (QED) is 0.883. The third-order valence-corrected chi connectivity index (χ3v) is 4.56. The minimum absolute atomic E-state index is 0.204. The van der Waals surface area contributed by atoms with Crippen LogP contribution in [0.4, 0.5) is 0 Å². The molecular weight excluding hydrogens is 258 g/mol. The van der Waals surface area contributed by atoms with Crippen molar-refractivity contribution in [3.63, 3.8) is 0 Å². The molecule has 0 bridgehead atoms. The molecular formula is C19H23NO. The Kier molecular flexibility index (Phi) is 4.26. The standard InChI is InChI=1S/C19H23NO/c1-20-19(17-7-4-8-18(13-17)21-2)16-11-9-15(10-12-16)14-5-3-6-14/h4,7-14,19-20H,3,5-6H2,1-2H3. The lowest BCUT2D eigenvalue weighted by atomic mass is 9.79. The topological polar surface area (TPSA) is 21.3 Å². The number of benzene rings is 2. The Morgan fingerprint density at radius 2 is 1.81 bits per heavy atom. The van der Waals surface area contributed by atoms with E-state index in [1.807, 2.05) is 19.2 Å². The number of hydrogen-bond donors (Lipinski definition) is 1. The van der Waals surface area contributed by atoms with Gasteiger partial charge in [0.05, 0.1) is 13.2 Å². The SMILES string of the molecule is CNC(c1ccc(C2CCC2)cc1)c1cccc(OC)c1. The Bertz CT molecular complexity index is 587.